The topological polar surface area (TPSA) is 64.4 Å². The fraction of sp³-hybridized carbons (Fsp3) is 0.273. The van der Waals surface area contributed by atoms with Gasteiger partial charge in [0.25, 0.3) is 0 Å². The molecule has 1 heterocycles. The van der Waals surface area contributed by atoms with Crippen molar-refractivity contribution in [2.24, 2.45) is 0 Å². The third-order valence-electron chi connectivity index (χ3n) is 2.18. The van der Waals surface area contributed by atoms with Gasteiger partial charge in [-0.2, -0.15) is 0 Å². The Morgan fingerprint density at radius 2 is 2.38 bits per heavy atom. The van der Waals surface area contributed by atoms with E-state index in [4.69, 9.17) is 4.42 Å². The van der Waals surface area contributed by atoms with Crippen LogP contribution in [0.3, 0.4) is 0 Å². The van der Waals surface area contributed by atoms with Crippen molar-refractivity contribution >= 4 is 17.2 Å². The lowest BCUT2D eigenvalue weighted by Crippen LogP contribution is -2.22. The van der Waals surface area contributed by atoms with Gasteiger partial charge in [-0.15, -0.1) is 0 Å². The second kappa shape index (κ2) is 4.22. The molecule has 5 heteroatoms. The zero-order valence-corrected chi connectivity index (χ0v) is 9.11. The summed E-state index contributed by atoms with van der Waals surface area (Å²) in [5.41, 5.74) is 2.48. The van der Waals surface area contributed by atoms with Crippen LogP contribution in [0.15, 0.2) is 22.6 Å². The molecule has 0 atom stereocenters. The third kappa shape index (κ3) is 2.13. The predicted octanol–water partition coefficient (Wildman–Crippen LogP) is 1.99. The highest BCUT2D eigenvalue weighted by atomic mass is 16.5. The zero-order chi connectivity index (χ0) is 11.5. The molecule has 5 nitrogen and oxygen atoms in total. The second-order valence-corrected chi connectivity index (χ2v) is 3.38. The Labute approximate surface area is 92.4 Å². The lowest BCUT2D eigenvalue weighted by Gasteiger charge is -2.02. The number of ether oxygens (including phenoxy) is 1. The van der Waals surface area contributed by atoms with Crippen molar-refractivity contribution in [3.05, 3.63) is 29.7 Å². The van der Waals surface area contributed by atoms with Crippen molar-refractivity contribution in [1.82, 2.24) is 10.3 Å². The van der Waals surface area contributed by atoms with E-state index in [2.05, 4.69) is 15.0 Å². The Bertz CT molecular complexity index is 519. The number of carbonyl (C=O) groups is 1. The van der Waals surface area contributed by atoms with Crippen molar-refractivity contribution in [3.8, 4) is 0 Å². The SMILES string of the molecule is COC(=O)NCc1ccc2nc(C)oc2c1. The van der Waals surface area contributed by atoms with Gasteiger partial charge in [0.2, 0.25) is 0 Å². The summed E-state index contributed by atoms with van der Waals surface area (Å²) in [5.74, 6) is 0.632. The number of alkyl carbamates (subject to hydrolysis) is 1. The van der Waals surface area contributed by atoms with E-state index < -0.39 is 6.09 Å². The maximum absolute atomic E-state index is 10.9. The van der Waals surface area contributed by atoms with Crippen molar-refractivity contribution in [2.45, 2.75) is 13.5 Å². The molecule has 1 amide bonds. The molecule has 0 radical (unpaired) electrons. The van der Waals surface area contributed by atoms with Gasteiger partial charge in [0.1, 0.15) is 5.52 Å². The Hall–Kier alpha value is -2.04. The largest absolute Gasteiger partial charge is 0.453 e. The second-order valence-electron chi connectivity index (χ2n) is 3.38. The van der Waals surface area contributed by atoms with E-state index >= 15 is 0 Å². The molecule has 1 N–H and O–H groups in total. The molecular formula is C11H12N2O3. The molecule has 1 aromatic heterocycles. The summed E-state index contributed by atoms with van der Waals surface area (Å²) < 4.78 is 9.86. The lowest BCUT2D eigenvalue weighted by atomic mass is 10.2. The molecule has 0 aliphatic heterocycles. The molecule has 0 aliphatic carbocycles. The van der Waals surface area contributed by atoms with Crippen LogP contribution in [0.25, 0.3) is 11.1 Å². The van der Waals surface area contributed by atoms with Crippen LogP contribution in [0.2, 0.25) is 0 Å². The predicted molar refractivity (Wildman–Crippen MR) is 58.0 cm³/mol. The van der Waals surface area contributed by atoms with Gasteiger partial charge in [0.15, 0.2) is 11.5 Å². The molecule has 0 bridgehead atoms. The van der Waals surface area contributed by atoms with Crippen LogP contribution in [0, 0.1) is 6.92 Å². The molecule has 2 aromatic rings. The number of rotatable bonds is 2. The minimum Gasteiger partial charge on any atom is -0.453 e. The zero-order valence-electron chi connectivity index (χ0n) is 9.11. The monoisotopic (exact) mass is 220 g/mol. The number of oxazole rings is 1. The molecule has 0 fully saturated rings. The molecule has 84 valence electrons. The van der Waals surface area contributed by atoms with Crippen LogP contribution in [0.1, 0.15) is 11.5 Å². The summed E-state index contributed by atoms with van der Waals surface area (Å²) in [4.78, 5) is 15.1. The normalized spacial score (nSPS) is 10.4. The summed E-state index contributed by atoms with van der Waals surface area (Å²) in [6.45, 7) is 2.20. The van der Waals surface area contributed by atoms with E-state index in [-0.39, 0.29) is 0 Å². The summed E-state index contributed by atoms with van der Waals surface area (Å²) in [6, 6.07) is 5.60. The van der Waals surface area contributed by atoms with Crippen LogP contribution in [0.5, 0.6) is 0 Å². The molecular weight excluding hydrogens is 208 g/mol. The first-order chi connectivity index (χ1) is 7.69. The van der Waals surface area contributed by atoms with Crippen LogP contribution in [-0.2, 0) is 11.3 Å². The number of nitrogens with one attached hydrogen (secondary N) is 1. The lowest BCUT2D eigenvalue weighted by molar-refractivity contribution is 0.170. The van der Waals surface area contributed by atoms with Gasteiger partial charge in [-0.3, -0.25) is 0 Å². The van der Waals surface area contributed by atoms with Crippen molar-refractivity contribution in [1.29, 1.82) is 0 Å². The van der Waals surface area contributed by atoms with Gasteiger partial charge in [0, 0.05) is 13.5 Å². The van der Waals surface area contributed by atoms with Crippen molar-refractivity contribution in [3.63, 3.8) is 0 Å². The van der Waals surface area contributed by atoms with E-state index in [1.54, 1.807) is 6.92 Å². The first kappa shape index (κ1) is 10.5. The Morgan fingerprint density at radius 3 is 3.12 bits per heavy atom. The number of amides is 1. The number of aromatic nitrogens is 1. The fourth-order valence-electron chi connectivity index (χ4n) is 1.44. The summed E-state index contributed by atoms with van der Waals surface area (Å²) >= 11 is 0. The highest BCUT2D eigenvalue weighted by molar-refractivity contribution is 5.73. The van der Waals surface area contributed by atoms with E-state index in [1.807, 2.05) is 18.2 Å². The third-order valence-corrected chi connectivity index (χ3v) is 2.18. The van der Waals surface area contributed by atoms with Gasteiger partial charge >= 0.3 is 6.09 Å². The number of aryl methyl sites for hydroxylation is 1. The number of fused-ring (bicyclic) bond motifs is 1. The van der Waals surface area contributed by atoms with Gasteiger partial charge in [0.05, 0.1) is 7.11 Å². The summed E-state index contributed by atoms with van der Waals surface area (Å²) in [7, 11) is 1.33. The number of benzene rings is 1. The Balaban J connectivity index is 2.16. The minimum absolute atomic E-state index is 0.405. The maximum atomic E-state index is 10.9. The molecule has 1 aromatic carbocycles. The average molecular weight is 220 g/mol. The van der Waals surface area contributed by atoms with Crippen LogP contribution in [-0.4, -0.2) is 18.2 Å². The van der Waals surface area contributed by atoms with Gasteiger partial charge < -0.3 is 14.5 Å². The molecule has 0 saturated carbocycles. The van der Waals surface area contributed by atoms with Crippen LogP contribution in [0.4, 0.5) is 4.79 Å². The Morgan fingerprint density at radius 1 is 1.56 bits per heavy atom. The van der Waals surface area contributed by atoms with E-state index in [1.165, 1.54) is 7.11 Å². The van der Waals surface area contributed by atoms with E-state index in [0.29, 0.717) is 12.4 Å². The van der Waals surface area contributed by atoms with E-state index in [0.717, 1.165) is 16.7 Å². The van der Waals surface area contributed by atoms with Crippen molar-refractivity contribution < 1.29 is 13.9 Å². The molecule has 2 rings (SSSR count). The first-order valence-corrected chi connectivity index (χ1v) is 4.87. The number of methoxy groups -OCH3 is 1. The molecule has 0 spiro atoms. The van der Waals surface area contributed by atoms with Crippen LogP contribution >= 0.6 is 0 Å². The Kier molecular flexibility index (Phi) is 2.76. The average Bonchev–Trinajstić information content (AvgIpc) is 2.65. The smallest absolute Gasteiger partial charge is 0.407 e. The molecule has 0 aliphatic rings. The number of nitrogens with zero attached hydrogens (tertiary/aromatic N) is 1. The standard InChI is InChI=1S/C11H12N2O3/c1-7-13-9-4-3-8(5-10(9)16-7)6-12-11(14)15-2/h3-5H,6H2,1-2H3,(H,12,14). The number of carbonyl (C=O) groups excluding carboxylic acids is 1. The number of hydrogen-bond donors (Lipinski definition) is 1. The maximum Gasteiger partial charge on any atom is 0.407 e. The quantitative estimate of drug-likeness (QED) is 0.840. The van der Waals surface area contributed by atoms with Gasteiger partial charge in [-0.25, -0.2) is 9.78 Å². The molecule has 16 heavy (non-hydrogen) atoms. The highest BCUT2D eigenvalue weighted by Crippen LogP contribution is 2.16. The summed E-state index contributed by atoms with van der Waals surface area (Å²) in [5, 5.41) is 2.60. The fourth-order valence-corrected chi connectivity index (χ4v) is 1.44. The highest BCUT2D eigenvalue weighted by Gasteiger charge is 2.04. The van der Waals surface area contributed by atoms with Gasteiger partial charge in [-0.05, 0) is 17.7 Å². The van der Waals surface area contributed by atoms with Crippen molar-refractivity contribution in [2.75, 3.05) is 7.11 Å². The molecule has 0 unspecified atom stereocenters. The summed E-state index contributed by atoms with van der Waals surface area (Å²) in [6.07, 6.45) is -0.450. The minimum atomic E-state index is -0.450. The first-order valence-electron chi connectivity index (χ1n) is 4.87. The van der Waals surface area contributed by atoms with E-state index in [9.17, 15) is 4.79 Å². The molecule has 0 saturated heterocycles. The number of hydrogen-bond acceptors (Lipinski definition) is 4. The van der Waals surface area contributed by atoms with Gasteiger partial charge in [-0.1, -0.05) is 6.07 Å². The van der Waals surface area contributed by atoms with Crippen LogP contribution < -0.4 is 5.32 Å².